The summed E-state index contributed by atoms with van der Waals surface area (Å²) in [6, 6.07) is 12.5. The Hall–Kier alpha value is -3.48. The number of benzene rings is 1. The smallest absolute Gasteiger partial charge is 0.276 e. The molecule has 120 valence electrons. The minimum atomic E-state index is -0.486. The first-order chi connectivity index (χ1) is 11.6. The van der Waals surface area contributed by atoms with Crippen LogP contribution in [0.4, 0.5) is 11.5 Å². The summed E-state index contributed by atoms with van der Waals surface area (Å²) in [6.45, 7) is 1.96. The highest BCUT2D eigenvalue weighted by Gasteiger charge is 2.20. The van der Waals surface area contributed by atoms with Crippen molar-refractivity contribution in [2.24, 2.45) is 0 Å². The zero-order valence-corrected chi connectivity index (χ0v) is 12.9. The van der Waals surface area contributed by atoms with E-state index in [0.717, 1.165) is 5.56 Å². The normalized spacial score (nSPS) is 10.2. The third-order valence-electron chi connectivity index (χ3n) is 3.30. The molecule has 0 spiro atoms. The molecule has 24 heavy (non-hydrogen) atoms. The van der Waals surface area contributed by atoms with Gasteiger partial charge in [0.15, 0.2) is 5.69 Å². The Labute approximate surface area is 138 Å². The van der Waals surface area contributed by atoms with E-state index in [0.29, 0.717) is 11.5 Å². The molecule has 1 aromatic carbocycles. The first kappa shape index (κ1) is 15.4. The largest absolute Gasteiger partial charge is 0.340 e. The van der Waals surface area contributed by atoms with Gasteiger partial charge >= 0.3 is 0 Å². The van der Waals surface area contributed by atoms with Crippen molar-refractivity contribution in [2.45, 2.75) is 6.92 Å². The second kappa shape index (κ2) is 6.74. The number of H-pyrrole nitrogens is 1. The van der Waals surface area contributed by atoms with Gasteiger partial charge in [-0.3, -0.25) is 9.59 Å². The third-order valence-corrected chi connectivity index (χ3v) is 3.30. The Kier molecular flexibility index (Phi) is 4.33. The van der Waals surface area contributed by atoms with Crippen LogP contribution in [0.25, 0.3) is 0 Å². The van der Waals surface area contributed by atoms with Crippen LogP contribution in [0.3, 0.4) is 0 Å². The second-order valence-corrected chi connectivity index (χ2v) is 5.12. The molecular weight excluding hydrogens is 306 g/mol. The van der Waals surface area contributed by atoms with Gasteiger partial charge in [-0.1, -0.05) is 23.8 Å². The van der Waals surface area contributed by atoms with E-state index in [2.05, 4.69) is 25.6 Å². The van der Waals surface area contributed by atoms with Crippen molar-refractivity contribution in [2.75, 3.05) is 10.6 Å². The molecule has 2 aromatic heterocycles. The van der Waals surface area contributed by atoms with E-state index in [1.165, 1.54) is 6.33 Å². The molecule has 0 radical (unpaired) electrons. The van der Waals surface area contributed by atoms with E-state index >= 15 is 0 Å². The van der Waals surface area contributed by atoms with Gasteiger partial charge < -0.3 is 15.6 Å². The maximum Gasteiger partial charge on any atom is 0.276 e. The summed E-state index contributed by atoms with van der Waals surface area (Å²) < 4.78 is 0. The SMILES string of the molecule is Cc1ccc(NC(=O)c2nc[nH]c2C(=O)Nc2ccccn2)cc1. The number of aromatic amines is 1. The Bertz CT molecular complexity index is 856. The minimum absolute atomic E-state index is 0.0176. The lowest BCUT2D eigenvalue weighted by Crippen LogP contribution is -2.20. The molecule has 0 aliphatic heterocycles. The highest BCUT2D eigenvalue weighted by atomic mass is 16.2. The van der Waals surface area contributed by atoms with Crippen molar-refractivity contribution in [3.8, 4) is 0 Å². The highest BCUT2D eigenvalue weighted by molar-refractivity contribution is 6.13. The fraction of sp³-hybridized carbons (Fsp3) is 0.0588. The van der Waals surface area contributed by atoms with Crippen LogP contribution in [0.1, 0.15) is 26.5 Å². The maximum absolute atomic E-state index is 12.3. The first-order valence-corrected chi connectivity index (χ1v) is 7.27. The van der Waals surface area contributed by atoms with Crippen LogP contribution in [-0.2, 0) is 0 Å². The summed E-state index contributed by atoms with van der Waals surface area (Å²) in [7, 11) is 0. The number of nitrogens with one attached hydrogen (secondary N) is 3. The number of aromatic nitrogens is 3. The van der Waals surface area contributed by atoms with Gasteiger partial charge in [0.1, 0.15) is 11.5 Å². The Morgan fingerprint density at radius 2 is 1.75 bits per heavy atom. The Balaban J connectivity index is 1.75. The molecule has 0 unspecified atom stereocenters. The van der Waals surface area contributed by atoms with E-state index < -0.39 is 11.8 Å². The van der Waals surface area contributed by atoms with Crippen molar-refractivity contribution in [1.29, 1.82) is 0 Å². The predicted molar refractivity (Wildman–Crippen MR) is 89.9 cm³/mol. The molecule has 7 heteroatoms. The van der Waals surface area contributed by atoms with E-state index in [4.69, 9.17) is 0 Å². The van der Waals surface area contributed by atoms with E-state index in [9.17, 15) is 9.59 Å². The Morgan fingerprint density at radius 1 is 0.958 bits per heavy atom. The molecule has 7 nitrogen and oxygen atoms in total. The molecule has 3 rings (SSSR count). The van der Waals surface area contributed by atoms with E-state index in [1.807, 2.05) is 19.1 Å². The quantitative estimate of drug-likeness (QED) is 0.687. The average molecular weight is 321 g/mol. The molecule has 2 heterocycles. The number of hydrogen-bond donors (Lipinski definition) is 3. The van der Waals surface area contributed by atoms with Gasteiger partial charge in [0.05, 0.1) is 6.33 Å². The fourth-order valence-corrected chi connectivity index (χ4v) is 2.08. The predicted octanol–water partition coefficient (Wildman–Crippen LogP) is 2.62. The van der Waals surface area contributed by atoms with Gasteiger partial charge in [0.2, 0.25) is 0 Å². The number of rotatable bonds is 4. The fourth-order valence-electron chi connectivity index (χ4n) is 2.08. The topological polar surface area (TPSA) is 99.8 Å². The molecular formula is C17H15N5O2. The first-order valence-electron chi connectivity index (χ1n) is 7.27. The van der Waals surface area contributed by atoms with E-state index in [-0.39, 0.29) is 11.4 Å². The summed E-state index contributed by atoms with van der Waals surface area (Å²) in [4.78, 5) is 35.3. The number of carbonyl (C=O) groups is 2. The second-order valence-electron chi connectivity index (χ2n) is 5.12. The number of anilines is 2. The lowest BCUT2D eigenvalue weighted by atomic mass is 10.2. The average Bonchev–Trinajstić information content (AvgIpc) is 3.08. The van der Waals surface area contributed by atoms with Gasteiger partial charge in [-0.15, -0.1) is 0 Å². The summed E-state index contributed by atoms with van der Waals surface area (Å²) in [5, 5.41) is 5.32. The molecule has 0 saturated carbocycles. The van der Waals surface area contributed by atoms with Crippen LogP contribution in [0.15, 0.2) is 55.0 Å². The van der Waals surface area contributed by atoms with Crippen LogP contribution in [-0.4, -0.2) is 26.8 Å². The zero-order valence-electron chi connectivity index (χ0n) is 12.9. The van der Waals surface area contributed by atoms with Crippen LogP contribution in [0.2, 0.25) is 0 Å². The van der Waals surface area contributed by atoms with Gasteiger partial charge in [-0.25, -0.2) is 9.97 Å². The minimum Gasteiger partial charge on any atom is -0.340 e. The lowest BCUT2D eigenvalue weighted by Gasteiger charge is -2.06. The standard InChI is InChI=1S/C17H15N5O2/c1-11-5-7-12(8-6-11)21-16(23)14-15(20-10-19-14)17(24)22-13-4-2-3-9-18-13/h2-10H,1H3,(H,19,20)(H,21,23)(H,18,22,24). The summed E-state index contributed by atoms with van der Waals surface area (Å²) in [5.41, 5.74) is 1.81. The van der Waals surface area contributed by atoms with Crippen molar-refractivity contribution in [1.82, 2.24) is 15.0 Å². The number of carbonyl (C=O) groups excluding carboxylic acids is 2. The molecule has 0 aliphatic carbocycles. The Morgan fingerprint density at radius 3 is 2.46 bits per heavy atom. The number of pyridine rings is 1. The monoisotopic (exact) mass is 321 g/mol. The molecule has 3 N–H and O–H groups in total. The van der Waals surface area contributed by atoms with Crippen molar-refractivity contribution >= 4 is 23.3 Å². The van der Waals surface area contributed by atoms with Gasteiger partial charge in [0, 0.05) is 11.9 Å². The summed E-state index contributed by atoms with van der Waals surface area (Å²) in [5.74, 6) is -0.562. The van der Waals surface area contributed by atoms with Gasteiger partial charge in [0.25, 0.3) is 11.8 Å². The molecule has 0 fully saturated rings. The molecule has 0 bridgehead atoms. The number of aryl methyl sites for hydroxylation is 1. The zero-order chi connectivity index (χ0) is 16.9. The van der Waals surface area contributed by atoms with Crippen LogP contribution >= 0.6 is 0 Å². The number of nitrogens with zero attached hydrogens (tertiary/aromatic N) is 2. The molecule has 0 saturated heterocycles. The van der Waals surface area contributed by atoms with Gasteiger partial charge in [-0.05, 0) is 31.2 Å². The van der Waals surface area contributed by atoms with Gasteiger partial charge in [-0.2, -0.15) is 0 Å². The number of imidazole rings is 1. The van der Waals surface area contributed by atoms with Crippen molar-refractivity contribution < 1.29 is 9.59 Å². The van der Waals surface area contributed by atoms with Crippen LogP contribution in [0.5, 0.6) is 0 Å². The molecule has 3 aromatic rings. The van der Waals surface area contributed by atoms with Crippen molar-refractivity contribution in [3.05, 3.63) is 71.9 Å². The van der Waals surface area contributed by atoms with Crippen LogP contribution in [0, 0.1) is 6.92 Å². The molecule has 0 atom stereocenters. The third kappa shape index (κ3) is 3.46. The highest BCUT2D eigenvalue weighted by Crippen LogP contribution is 2.12. The maximum atomic E-state index is 12.3. The van der Waals surface area contributed by atoms with Crippen LogP contribution < -0.4 is 10.6 Å². The number of hydrogen-bond acceptors (Lipinski definition) is 4. The lowest BCUT2D eigenvalue weighted by molar-refractivity contribution is 0.0985. The molecule has 2 amide bonds. The molecule has 0 aliphatic rings. The summed E-state index contributed by atoms with van der Waals surface area (Å²) >= 11 is 0. The number of amides is 2. The summed E-state index contributed by atoms with van der Waals surface area (Å²) in [6.07, 6.45) is 2.87. The van der Waals surface area contributed by atoms with Crippen molar-refractivity contribution in [3.63, 3.8) is 0 Å². The van der Waals surface area contributed by atoms with E-state index in [1.54, 1.807) is 36.5 Å².